The van der Waals surface area contributed by atoms with Crippen molar-refractivity contribution in [1.29, 1.82) is 0 Å². The summed E-state index contributed by atoms with van der Waals surface area (Å²) in [5, 5.41) is 8.21. The monoisotopic (exact) mass is 196 g/mol. The Hall–Kier alpha value is 0.778. The predicted molar refractivity (Wildman–Crippen MR) is 29.7 cm³/mol. The van der Waals surface area contributed by atoms with Gasteiger partial charge in [-0.3, -0.25) is 0 Å². The van der Waals surface area contributed by atoms with Gasteiger partial charge in [0.15, 0.2) is 0 Å². The molecule has 2 heteroatoms. The van der Waals surface area contributed by atoms with E-state index >= 15 is 0 Å². The molecule has 1 N–H and O–H groups in total. The third kappa shape index (κ3) is 4.78. The maximum absolute atomic E-state index is 8.21. The average Bonchev–Trinajstić information content (AvgIpc) is 1.61. The van der Waals surface area contributed by atoms with Gasteiger partial charge < -0.3 is 0 Å². The van der Waals surface area contributed by atoms with Crippen molar-refractivity contribution in [2.45, 2.75) is 17.2 Å². The van der Waals surface area contributed by atoms with E-state index in [0.717, 1.165) is 6.42 Å². The SMILES string of the molecule is OCCC[CH2][SbH2]. The second-order valence-electron chi connectivity index (χ2n) is 1.22. The van der Waals surface area contributed by atoms with Crippen molar-refractivity contribution < 1.29 is 5.11 Å². The van der Waals surface area contributed by atoms with Gasteiger partial charge in [-0.05, 0) is 0 Å². The molecule has 0 aromatic carbocycles. The average molecular weight is 197 g/mol. The Morgan fingerprint density at radius 2 is 2.00 bits per heavy atom. The Kier molecular flexibility index (Phi) is 6.53. The van der Waals surface area contributed by atoms with Gasteiger partial charge in [-0.1, -0.05) is 0 Å². The number of aliphatic hydroxyl groups is 1. The van der Waals surface area contributed by atoms with Gasteiger partial charge in [0.2, 0.25) is 0 Å². The number of hydrogen-bond acceptors (Lipinski definition) is 1. The van der Waals surface area contributed by atoms with Crippen LogP contribution in [0.1, 0.15) is 12.8 Å². The van der Waals surface area contributed by atoms with E-state index < -0.39 is 0 Å². The molecule has 1 nitrogen and oxygen atoms in total. The molecule has 0 heterocycles. The van der Waals surface area contributed by atoms with E-state index in [1.54, 1.807) is 0 Å². The van der Waals surface area contributed by atoms with E-state index in [9.17, 15) is 0 Å². The summed E-state index contributed by atoms with van der Waals surface area (Å²) in [6, 6.07) is 0. The Morgan fingerprint density at radius 1 is 1.33 bits per heavy atom. The number of rotatable bonds is 3. The second-order valence-corrected chi connectivity index (χ2v) is 2.87. The molecular formula is C4H11OSb. The van der Waals surface area contributed by atoms with E-state index in [-0.39, 0.29) is 0 Å². The van der Waals surface area contributed by atoms with Crippen molar-refractivity contribution in [1.82, 2.24) is 0 Å². The first-order valence-corrected chi connectivity index (χ1v) is 4.55. The zero-order valence-corrected chi connectivity index (χ0v) is 7.15. The standard InChI is InChI=1S/C4H9O.Sb.2H/c1-2-3-4-5;;;/h5H,1-4H2;;;. The molecule has 6 heavy (non-hydrogen) atoms. The van der Waals surface area contributed by atoms with Crippen molar-refractivity contribution in [3.8, 4) is 0 Å². The first-order chi connectivity index (χ1) is 2.91. The van der Waals surface area contributed by atoms with Crippen LogP contribution < -0.4 is 0 Å². The minimum atomic E-state index is 0.376. The van der Waals surface area contributed by atoms with E-state index in [1.807, 2.05) is 0 Å². The van der Waals surface area contributed by atoms with Gasteiger partial charge in [-0.15, -0.1) is 0 Å². The van der Waals surface area contributed by atoms with Crippen molar-refractivity contribution in [3.63, 3.8) is 0 Å². The summed E-state index contributed by atoms with van der Waals surface area (Å²) in [6.45, 7) is 0.376. The number of unbranched alkanes of at least 4 members (excludes halogenated alkanes) is 1. The quantitative estimate of drug-likeness (QED) is 0.491. The topological polar surface area (TPSA) is 20.2 Å². The Balaban J connectivity index is 2.34. The fourth-order valence-electron chi connectivity index (χ4n) is 0.256. The molecule has 0 saturated carbocycles. The minimum absolute atomic E-state index is 0.376. The van der Waals surface area contributed by atoms with Gasteiger partial charge in [-0.25, -0.2) is 0 Å². The van der Waals surface area contributed by atoms with Crippen LogP contribution in [0.4, 0.5) is 0 Å². The molecule has 0 aliphatic carbocycles. The van der Waals surface area contributed by atoms with Gasteiger partial charge in [0.1, 0.15) is 0 Å². The van der Waals surface area contributed by atoms with Crippen molar-refractivity contribution >= 4 is 23.0 Å². The van der Waals surface area contributed by atoms with Crippen molar-refractivity contribution in [2.24, 2.45) is 0 Å². The van der Waals surface area contributed by atoms with Crippen LogP contribution in [0, 0.1) is 0 Å². The van der Waals surface area contributed by atoms with Crippen LogP contribution in [0.15, 0.2) is 0 Å². The first kappa shape index (κ1) is 6.78. The number of aliphatic hydroxyl groups excluding tert-OH is 1. The summed E-state index contributed by atoms with van der Waals surface area (Å²) in [6.07, 6.45) is 2.22. The zero-order chi connectivity index (χ0) is 4.83. The van der Waals surface area contributed by atoms with Crippen LogP contribution in [-0.4, -0.2) is 34.7 Å². The van der Waals surface area contributed by atoms with Crippen molar-refractivity contribution in [3.05, 3.63) is 0 Å². The molecule has 0 amide bonds. The van der Waals surface area contributed by atoms with Crippen molar-refractivity contribution in [2.75, 3.05) is 6.61 Å². The summed E-state index contributed by atoms with van der Waals surface area (Å²) in [4.78, 5) is 0. The Morgan fingerprint density at radius 3 is 2.17 bits per heavy atom. The maximum atomic E-state index is 8.21. The summed E-state index contributed by atoms with van der Waals surface area (Å²) in [7, 11) is 0. The van der Waals surface area contributed by atoms with Gasteiger partial charge in [0, 0.05) is 0 Å². The van der Waals surface area contributed by atoms with Crippen LogP contribution in [0.25, 0.3) is 0 Å². The first-order valence-electron chi connectivity index (χ1n) is 2.22. The fraction of sp³-hybridized carbons (Fsp3) is 1.00. The summed E-state index contributed by atoms with van der Waals surface area (Å²) in [5.41, 5.74) is 0. The summed E-state index contributed by atoms with van der Waals surface area (Å²) >= 11 is 1.35. The molecule has 0 aromatic heterocycles. The van der Waals surface area contributed by atoms with Gasteiger partial charge in [0.05, 0.1) is 0 Å². The third-order valence-electron chi connectivity index (χ3n) is 0.612. The molecule has 0 radical (unpaired) electrons. The van der Waals surface area contributed by atoms with Crippen LogP contribution in [0.3, 0.4) is 0 Å². The molecule has 0 aliphatic rings. The second kappa shape index (κ2) is 5.78. The van der Waals surface area contributed by atoms with Gasteiger partial charge >= 0.3 is 51.9 Å². The zero-order valence-electron chi connectivity index (χ0n) is 3.85. The Bertz CT molecular complexity index is 19.5. The number of hydrogen-bond donors (Lipinski definition) is 1. The molecule has 0 rings (SSSR count). The van der Waals surface area contributed by atoms with E-state index in [0.29, 0.717) is 6.61 Å². The third-order valence-corrected chi connectivity index (χ3v) is 1.78. The van der Waals surface area contributed by atoms with Gasteiger partial charge in [0.25, 0.3) is 0 Å². The molecule has 0 spiro atoms. The molecule has 38 valence electrons. The molecule has 0 saturated heterocycles. The van der Waals surface area contributed by atoms with E-state index in [4.69, 9.17) is 5.11 Å². The normalized spacial score (nSPS) is 9.00. The molecule has 0 fully saturated rings. The van der Waals surface area contributed by atoms with Crippen LogP contribution in [0.5, 0.6) is 0 Å². The summed E-state index contributed by atoms with van der Waals surface area (Å²) < 4.78 is 1.32. The molecule has 0 aliphatic heterocycles. The molecule has 0 atom stereocenters. The summed E-state index contributed by atoms with van der Waals surface area (Å²) in [5.74, 6) is 0. The molecule has 0 aromatic rings. The van der Waals surface area contributed by atoms with E-state index in [1.165, 1.54) is 33.8 Å². The fourth-order valence-corrected chi connectivity index (χ4v) is 1.08. The Labute approximate surface area is 52.2 Å². The predicted octanol–water partition coefficient (Wildman–Crippen LogP) is -0.190. The molecule has 0 bridgehead atoms. The molecular weight excluding hydrogens is 186 g/mol. The van der Waals surface area contributed by atoms with Gasteiger partial charge in [-0.2, -0.15) is 0 Å². The molecule has 0 unspecified atom stereocenters. The van der Waals surface area contributed by atoms with Crippen LogP contribution in [0.2, 0.25) is 4.37 Å². The van der Waals surface area contributed by atoms with Crippen LogP contribution in [-0.2, 0) is 0 Å². The van der Waals surface area contributed by atoms with Crippen LogP contribution >= 0.6 is 0 Å². The van der Waals surface area contributed by atoms with E-state index in [2.05, 4.69) is 0 Å².